The number of benzene rings is 1. The van der Waals surface area contributed by atoms with Crippen LogP contribution in [0.25, 0.3) is 0 Å². The minimum atomic E-state index is 0.199. The summed E-state index contributed by atoms with van der Waals surface area (Å²) in [7, 11) is 0. The number of para-hydroxylation sites is 1. The molecule has 1 N–H and O–H groups in total. The summed E-state index contributed by atoms with van der Waals surface area (Å²) in [5.41, 5.74) is 2.05. The van der Waals surface area contributed by atoms with E-state index in [-0.39, 0.29) is 6.04 Å². The SMILES string of the molecule is CCOc1ccccc1C(C)NCc1ccon1. The van der Waals surface area contributed by atoms with Crippen molar-refractivity contribution < 1.29 is 9.26 Å². The summed E-state index contributed by atoms with van der Waals surface area (Å²) < 4.78 is 10.4. The van der Waals surface area contributed by atoms with E-state index >= 15 is 0 Å². The molecule has 0 amide bonds. The largest absolute Gasteiger partial charge is 0.494 e. The number of aromatic nitrogens is 1. The summed E-state index contributed by atoms with van der Waals surface area (Å²) in [6.07, 6.45) is 1.58. The molecule has 4 nitrogen and oxygen atoms in total. The van der Waals surface area contributed by atoms with Crippen LogP contribution < -0.4 is 10.1 Å². The second-order valence-corrected chi connectivity index (χ2v) is 4.06. The summed E-state index contributed by atoms with van der Waals surface area (Å²) in [5, 5.41) is 7.27. The average Bonchev–Trinajstić information content (AvgIpc) is 2.90. The first-order valence-electron chi connectivity index (χ1n) is 6.15. The molecule has 2 aromatic rings. The van der Waals surface area contributed by atoms with Gasteiger partial charge in [-0.15, -0.1) is 0 Å². The Hall–Kier alpha value is -1.81. The number of hydrogen-bond acceptors (Lipinski definition) is 4. The van der Waals surface area contributed by atoms with E-state index < -0.39 is 0 Å². The molecule has 2 rings (SSSR count). The summed E-state index contributed by atoms with van der Waals surface area (Å²) in [6.45, 7) is 5.45. The summed E-state index contributed by atoms with van der Waals surface area (Å²) in [4.78, 5) is 0. The summed E-state index contributed by atoms with van der Waals surface area (Å²) in [6, 6.07) is 10.1. The third-order valence-electron chi connectivity index (χ3n) is 2.77. The molecule has 18 heavy (non-hydrogen) atoms. The second-order valence-electron chi connectivity index (χ2n) is 4.06. The molecule has 0 radical (unpaired) electrons. The fraction of sp³-hybridized carbons (Fsp3) is 0.357. The summed E-state index contributed by atoms with van der Waals surface area (Å²) in [5.74, 6) is 0.931. The van der Waals surface area contributed by atoms with Gasteiger partial charge >= 0.3 is 0 Å². The lowest BCUT2D eigenvalue weighted by Crippen LogP contribution is -2.19. The van der Waals surface area contributed by atoms with E-state index in [4.69, 9.17) is 9.26 Å². The highest BCUT2D eigenvalue weighted by Crippen LogP contribution is 2.24. The minimum absolute atomic E-state index is 0.199. The molecule has 0 aliphatic carbocycles. The average molecular weight is 246 g/mol. The van der Waals surface area contributed by atoms with Crippen molar-refractivity contribution in [2.75, 3.05) is 6.61 Å². The van der Waals surface area contributed by atoms with Crippen LogP contribution in [0.2, 0.25) is 0 Å². The first kappa shape index (κ1) is 12.6. The van der Waals surface area contributed by atoms with Gasteiger partial charge in [-0.2, -0.15) is 0 Å². The Morgan fingerprint density at radius 3 is 2.89 bits per heavy atom. The van der Waals surface area contributed by atoms with E-state index in [1.54, 1.807) is 6.26 Å². The number of ether oxygens (including phenoxy) is 1. The summed E-state index contributed by atoms with van der Waals surface area (Å²) >= 11 is 0. The lowest BCUT2D eigenvalue weighted by molar-refractivity contribution is 0.332. The van der Waals surface area contributed by atoms with Crippen molar-refractivity contribution in [2.45, 2.75) is 26.4 Å². The molecule has 4 heteroatoms. The quantitative estimate of drug-likeness (QED) is 0.851. The third kappa shape index (κ3) is 3.11. The molecule has 1 aromatic heterocycles. The van der Waals surface area contributed by atoms with Crippen LogP contribution in [0.3, 0.4) is 0 Å². The Labute approximate surface area is 107 Å². The van der Waals surface area contributed by atoms with Gasteiger partial charge in [-0.1, -0.05) is 23.4 Å². The van der Waals surface area contributed by atoms with E-state index in [1.165, 1.54) is 0 Å². The van der Waals surface area contributed by atoms with Gasteiger partial charge in [-0.3, -0.25) is 0 Å². The molecule has 0 bridgehead atoms. The second kappa shape index (κ2) is 6.21. The number of nitrogens with one attached hydrogen (secondary N) is 1. The molecule has 0 saturated carbocycles. The van der Waals surface area contributed by atoms with Crippen LogP contribution in [0, 0.1) is 0 Å². The zero-order chi connectivity index (χ0) is 12.8. The van der Waals surface area contributed by atoms with Crippen molar-refractivity contribution in [2.24, 2.45) is 0 Å². The Bertz CT molecular complexity index is 468. The maximum absolute atomic E-state index is 5.62. The van der Waals surface area contributed by atoms with E-state index in [0.29, 0.717) is 13.2 Å². The molecule has 96 valence electrons. The van der Waals surface area contributed by atoms with Crippen molar-refractivity contribution in [3.05, 3.63) is 47.9 Å². The van der Waals surface area contributed by atoms with Crippen molar-refractivity contribution in [1.82, 2.24) is 10.5 Å². The van der Waals surface area contributed by atoms with Crippen molar-refractivity contribution >= 4 is 0 Å². The van der Waals surface area contributed by atoms with Crippen molar-refractivity contribution in [1.29, 1.82) is 0 Å². The standard InChI is InChI=1S/C14H18N2O2/c1-3-17-14-7-5-4-6-13(14)11(2)15-10-12-8-9-18-16-12/h4-9,11,15H,3,10H2,1-2H3. The highest BCUT2D eigenvalue weighted by atomic mass is 16.5. The lowest BCUT2D eigenvalue weighted by atomic mass is 10.1. The van der Waals surface area contributed by atoms with Crippen LogP contribution in [0.1, 0.15) is 31.1 Å². The molecule has 1 heterocycles. The Kier molecular flexibility index (Phi) is 4.36. The van der Waals surface area contributed by atoms with Gasteiger partial charge in [0.05, 0.1) is 12.3 Å². The molecule has 0 aliphatic rings. The molecular formula is C14H18N2O2. The van der Waals surface area contributed by atoms with Gasteiger partial charge in [-0.25, -0.2) is 0 Å². The molecule has 0 aliphatic heterocycles. The molecule has 0 fully saturated rings. The zero-order valence-corrected chi connectivity index (χ0v) is 10.7. The van der Waals surface area contributed by atoms with Crippen LogP contribution in [0.4, 0.5) is 0 Å². The van der Waals surface area contributed by atoms with Gasteiger partial charge in [-0.05, 0) is 19.9 Å². The van der Waals surface area contributed by atoms with Gasteiger partial charge in [0.25, 0.3) is 0 Å². The van der Waals surface area contributed by atoms with Crippen molar-refractivity contribution in [3.63, 3.8) is 0 Å². The maximum Gasteiger partial charge on any atom is 0.124 e. The van der Waals surface area contributed by atoms with E-state index in [1.807, 2.05) is 31.2 Å². The first-order valence-corrected chi connectivity index (χ1v) is 6.15. The van der Waals surface area contributed by atoms with Crippen LogP contribution in [-0.2, 0) is 6.54 Å². The predicted octanol–water partition coefficient (Wildman–Crippen LogP) is 2.92. The van der Waals surface area contributed by atoms with Crippen LogP contribution in [0.5, 0.6) is 5.75 Å². The van der Waals surface area contributed by atoms with Crippen LogP contribution in [-0.4, -0.2) is 11.8 Å². The number of nitrogens with zero attached hydrogens (tertiary/aromatic N) is 1. The van der Waals surface area contributed by atoms with Gasteiger partial charge in [0.2, 0.25) is 0 Å². The van der Waals surface area contributed by atoms with Gasteiger partial charge in [0.1, 0.15) is 12.0 Å². The van der Waals surface area contributed by atoms with Crippen LogP contribution >= 0.6 is 0 Å². The smallest absolute Gasteiger partial charge is 0.124 e. The van der Waals surface area contributed by atoms with Gasteiger partial charge < -0.3 is 14.6 Å². The Morgan fingerprint density at radius 2 is 2.17 bits per heavy atom. The van der Waals surface area contributed by atoms with E-state index in [2.05, 4.69) is 23.5 Å². The van der Waals surface area contributed by atoms with Gasteiger partial charge in [0, 0.05) is 24.2 Å². The van der Waals surface area contributed by atoms with E-state index in [0.717, 1.165) is 17.0 Å². The van der Waals surface area contributed by atoms with Crippen LogP contribution in [0.15, 0.2) is 41.1 Å². The highest BCUT2D eigenvalue weighted by Gasteiger charge is 2.10. The van der Waals surface area contributed by atoms with Gasteiger partial charge in [0.15, 0.2) is 0 Å². The fourth-order valence-corrected chi connectivity index (χ4v) is 1.82. The third-order valence-corrected chi connectivity index (χ3v) is 2.77. The highest BCUT2D eigenvalue weighted by molar-refractivity contribution is 5.35. The molecule has 0 saturated heterocycles. The van der Waals surface area contributed by atoms with E-state index in [9.17, 15) is 0 Å². The molecule has 0 spiro atoms. The Balaban J connectivity index is 2.01. The lowest BCUT2D eigenvalue weighted by Gasteiger charge is -2.17. The fourth-order valence-electron chi connectivity index (χ4n) is 1.82. The normalized spacial score (nSPS) is 12.3. The zero-order valence-electron chi connectivity index (χ0n) is 10.7. The number of rotatable bonds is 6. The van der Waals surface area contributed by atoms with Crippen molar-refractivity contribution in [3.8, 4) is 5.75 Å². The maximum atomic E-state index is 5.62. The molecule has 1 aromatic carbocycles. The first-order chi connectivity index (χ1) is 8.81. The number of hydrogen-bond donors (Lipinski definition) is 1. The predicted molar refractivity (Wildman–Crippen MR) is 69.4 cm³/mol. The molecular weight excluding hydrogens is 228 g/mol. The monoisotopic (exact) mass is 246 g/mol. The Morgan fingerprint density at radius 1 is 1.33 bits per heavy atom. The topological polar surface area (TPSA) is 47.3 Å². The molecule has 1 unspecified atom stereocenters. The minimum Gasteiger partial charge on any atom is -0.494 e. The molecule has 1 atom stereocenters.